The highest BCUT2D eigenvalue weighted by Gasteiger charge is 2.38. The highest BCUT2D eigenvalue weighted by Crippen LogP contribution is 2.47. The molecule has 2 nitrogen and oxygen atoms in total. The first-order valence-corrected chi connectivity index (χ1v) is 8.10. The molecule has 1 aromatic rings. The van der Waals surface area contributed by atoms with Crippen molar-refractivity contribution in [3.63, 3.8) is 0 Å². The zero-order valence-corrected chi connectivity index (χ0v) is 14.0. The highest BCUT2D eigenvalue weighted by molar-refractivity contribution is 5.99. The SMILES string of the molecule is CCCCC(=O)c1cc2c(cc1O)C(C)(C)CCC2(C)C. The summed E-state index contributed by atoms with van der Waals surface area (Å²) >= 11 is 0. The molecule has 0 amide bonds. The summed E-state index contributed by atoms with van der Waals surface area (Å²) in [4.78, 5) is 12.3. The molecule has 0 saturated heterocycles. The number of carbonyl (C=O) groups excluding carboxylic acids is 1. The lowest BCUT2D eigenvalue weighted by Gasteiger charge is -2.42. The molecule has 0 radical (unpaired) electrons. The standard InChI is InChI=1S/C19H28O2/c1-6-7-8-16(20)13-11-14-15(12-17(13)21)19(4,5)10-9-18(14,2)3/h11-12,21H,6-10H2,1-5H3. The van der Waals surface area contributed by atoms with Crippen molar-refractivity contribution in [1.82, 2.24) is 0 Å². The molecule has 1 aromatic carbocycles. The summed E-state index contributed by atoms with van der Waals surface area (Å²) in [5.41, 5.74) is 3.07. The Balaban J connectivity index is 2.51. The van der Waals surface area contributed by atoms with Gasteiger partial charge in [-0.2, -0.15) is 0 Å². The second-order valence-electron chi connectivity index (χ2n) is 7.71. The van der Waals surface area contributed by atoms with Crippen LogP contribution in [0.5, 0.6) is 5.75 Å². The van der Waals surface area contributed by atoms with E-state index < -0.39 is 0 Å². The van der Waals surface area contributed by atoms with Crippen LogP contribution in [0.15, 0.2) is 12.1 Å². The molecule has 116 valence electrons. The number of rotatable bonds is 4. The Hall–Kier alpha value is -1.31. The van der Waals surface area contributed by atoms with Crippen LogP contribution in [0.3, 0.4) is 0 Å². The predicted octanol–water partition coefficient (Wildman–Crippen LogP) is 5.11. The first kappa shape index (κ1) is 16.1. The average molecular weight is 288 g/mol. The highest BCUT2D eigenvalue weighted by atomic mass is 16.3. The maximum absolute atomic E-state index is 12.3. The first-order valence-electron chi connectivity index (χ1n) is 8.10. The van der Waals surface area contributed by atoms with Gasteiger partial charge in [-0.25, -0.2) is 0 Å². The number of phenolic OH excluding ortho intramolecular Hbond substituents is 1. The fourth-order valence-electron chi connectivity index (χ4n) is 3.30. The Morgan fingerprint density at radius 3 is 2.14 bits per heavy atom. The van der Waals surface area contributed by atoms with Gasteiger partial charge in [-0.15, -0.1) is 0 Å². The van der Waals surface area contributed by atoms with E-state index in [1.165, 1.54) is 11.1 Å². The van der Waals surface area contributed by atoms with Gasteiger partial charge in [0, 0.05) is 6.42 Å². The molecule has 2 rings (SSSR count). The maximum Gasteiger partial charge on any atom is 0.166 e. The molecule has 0 spiro atoms. The normalized spacial score (nSPS) is 19.1. The van der Waals surface area contributed by atoms with E-state index in [0.29, 0.717) is 12.0 Å². The second kappa shape index (κ2) is 5.47. The average Bonchev–Trinajstić information content (AvgIpc) is 2.41. The van der Waals surface area contributed by atoms with Crippen LogP contribution in [-0.4, -0.2) is 10.9 Å². The van der Waals surface area contributed by atoms with Crippen molar-refractivity contribution in [3.05, 3.63) is 28.8 Å². The van der Waals surface area contributed by atoms with E-state index in [4.69, 9.17) is 0 Å². The Morgan fingerprint density at radius 1 is 1.10 bits per heavy atom. The van der Waals surface area contributed by atoms with Gasteiger partial charge in [-0.1, -0.05) is 41.0 Å². The van der Waals surface area contributed by atoms with Gasteiger partial charge < -0.3 is 5.11 Å². The van der Waals surface area contributed by atoms with Gasteiger partial charge in [0.25, 0.3) is 0 Å². The van der Waals surface area contributed by atoms with E-state index in [1.807, 2.05) is 12.1 Å². The van der Waals surface area contributed by atoms with E-state index in [0.717, 1.165) is 25.7 Å². The molecule has 1 N–H and O–H groups in total. The van der Waals surface area contributed by atoms with Crippen LogP contribution >= 0.6 is 0 Å². The summed E-state index contributed by atoms with van der Waals surface area (Å²) in [6.07, 6.45) is 4.61. The van der Waals surface area contributed by atoms with Gasteiger partial charge in [-0.3, -0.25) is 4.79 Å². The van der Waals surface area contributed by atoms with Crippen molar-refractivity contribution < 1.29 is 9.90 Å². The van der Waals surface area contributed by atoms with Crippen molar-refractivity contribution in [1.29, 1.82) is 0 Å². The maximum atomic E-state index is 12.3. The summed E-state index contributed by atoms with van der Waals surface area (Å²) < 4.78 is 0. The summed E-state index contributed by atoms with van der Waals surface area (Å²) in [7, 11) is 0. The number of Topliss-reactive ketones (excluding diaryl/α,β-unsaturated/α-hetero) is 1. The molecule has 0 saturated carbocycles. The number of hydrogen-bond acceptors (Lipinski definition) is 2. The Morgan fingerprint density at radius 2 is 1.62 bits per heavy atom. The minimum absolute atomic E-state index is 0.0628. The van der Waals surface area contributed by atoms with E-state index in [2.05, 4.69) is 34.6 Å². The second-order valence-corrected chi connectivity index (χ2v) is 7.71. The van der Waals surface area contributed by atoms with Crippen molar-refractivity contribution in [2.24, 2.45) is 0 Å². The van der Waals surface area contributed by atoms with E-state index >= 15 is 0 Å². The van der Waals surface area contributed by atoms with Gasteiger partial charge in [-0.05, 0) is 53.4 Å². The first-order chi connectivity index (χ1) is 9.69. The third-order valence-electron chi connectivity index (χ3n) is 5.03. The van der Waals surface area contributed by atoms with Crippen LogP contribution in [0.1, 0.15) is 88.2 Å². The van der Waals surface area contributed by atoms with Crippen LogP contribution in [0.4, 0.5) is 0 Å². The Labute approximate surface area is 128 Å². The molecule has 0 heterocycles. The lowest BCUT2D eigenvalue weighted by Crippen LogP contribution is -2.34. The van der Waals surface area contributed by atoms with Crippen molar-refractivity contribution in [3.8, 4) is 5.75 Å². The van der Waals surface area contributed by atoms with Crippen LogP contribution in [0.25, 0.3) is 0 Å². The molecule has 2 heteroatoms. The third kappa shape index (κ3) is 3.00. The molecule has 0 unspecified atom stereocenters. The number of aromatic hydroxyl groups is 1. The Kier molecular flexibility index (Phi) is 4.19. The molecule has 0 aromatic heterocycles. The Bertz CT molecular complexity index is 553. The third-order valence-corrected chi connectivity index (χ3v) is 5.03. The quantitative estimate of drug-likeness (QED) is 0.781. The topological polar surface area (TPSA) is 37.3 Å². The van der Waals surface area contributed by atoms with Gasteiger partial charge >= 0.3 is 0 Å². The van der Waals surface area contributed by atoms with Crippen LogP contribution < -0.4 is 0 Å². The van der Waals surface area contributed by atoms with Crippen LogP contribution in [0, 0.1) is 0 Å². The summed E-state index contributed by atoms with van der Waals surface area (Å²) in [6, 6.07) is 3.80. The van der Waals surface area contributed by atoms with Gasteiger partial charge in [0.05, 0.1) is 5.56 Å². The number of unbranched alkanes of at least 4 members (excludes halogenated alkanes) is 1. The smallest absolute Gasteiger partial charge is 0.166 e. The number of carbonyl (C=O) groups is 1. The zero-order valence-electron chi connectivity index (χ0n) is 14.0. The van der Waals surface area contributed by atoms with Crippen LogP contribution in [-0.2, 0) is 10.8 Å². The van der Waals surface area contributed by atoms with E-state index in [9.17, 15) is 9.90 Å². The molecule has 0 bridgehead atoms. The predicted molar refractivity (Wildman–Crippen MR) is 87.2 cm³/mol. The molecule has 0 atom stereocenters. The van der Waals surface area contributed by atoms with Gasteiger partial charge in [0.1, 0.15) is 5.75 Å². The molecule has 0 fully saturated rings. The fourth-order valence-corrected chi connectivity index (χ4v) is 3.30. The number of benzene rings is 1. The fraction of sp³-hybridized carbons (Fsp3) is 0.632. The van der Waals surface area contributed by atoms with E-state index in [-0.39, 0.29) is 22.4 Å². The number of ketones is 1. The van der Waals surface area contributed by atoms with E-state index in [1.54, 1.807) is 0 Å². The summed E-state index contributed by atoms with van der Waals surface area (Å²) in [5, 5.41) is 10.3. The van der Waals surface area contributed by atoms with Crippen molar-refractivity contribution in [2.45, 2.75) is 77.6 Å². The number of phenols is 1. The molecule has 1 aliphatic carbocycles. The van der Waals surface area contributed by atoms with Crippen molar-refractivity contribution in [2.75, 3.05) is 0 Å². The monoisotopic (exact) mass is 288 g/mol. The van der Waals surface area contributed by atoms with Gasteiger partial charge in [0.2, 0.25) is 0 Å². The number of hydrogen-bond donors (Lipinski definition) is 1. The van der Waals surface area contributed by atoms with Gasteiger partial charge in [0.15, 0.2) is 5.78 Å². The van der Waals surface area contributed by atoms with Crippen LogP contribution in [0.2, 0.25) is 0 Å². The molecule has 1 aliphatic rings. The summed E-state index contributed by atoms with van der Waals surface area (Å²) in [6.45, 7) is 11.0. The minimum atomic E-state index is 0.0628. The largest absolute Gasteiger partial charge is 0.507 e. The molecule has 21 heavy (non-hydrogen) atoms. The zero-order chi connectivity index (χ0) is 15.8. The lowest BCUT2D eigenvalue weighted by molar-refractivity contribution is 0.0977. The number of fused-ring (bicyclic) bond motifs is 1. The molecular formula is C19H28O2. The lowest BCUT2D eigenvalue weighted by atomic mass is 9.63. The van der Waals surface area contributed by atoms with Crippen molar-refractivity contribution >= 4 is 5.78 Å². The minimum Gasteiger partial charge on any atom is -0.507 e. The molecular weight excluding hydrogens is 260 g/mol. The molecule has 0 aliphatic heterocycles. The summed E-state index contributed by atoms with van der Waals surface area (Å²) in [5.74, 6) is 0.219.